The molecule has 1 heterocycles. The van der Waals surface area contributed by atoms with E-state index in [-0.39, 0.29) is 0 Å². The second-order valence-electron chi connectivity index (χ2n) is 4.26. The van der Waals surface area contributed by atoms with Crippen LogP contribution in [0.4, 0.5) is 5.69 Å². The number of thiophene rings is 1. The summed E-state index contributed by atoms with van der Waals surface area (Å²) in [6, 6.07) is 7.07. The molecule has 2 rings (SSSR count). The van der Waals surface area contributed by atoms with E-state index in [4.69, 9.17) is 0 Å². The Hall–Kier alpha value is -0.890. The summed E-state index contributed by atoms with van der Waals surface area (Å²) in [5.74, 6) is 0. The predicted octanol–water partition coefficient (Wildman–Crippen LogP) is 3.34. The first-order chi connectivity index (χ1) is 9.45. The summed E-state index contributed by atoms with van der Waals surface area (Å²) in [7, 11) is -1.77. The maximum absolute atomic E-state index is 12.5. The molecule has 1 aromatic carbocycles. The van der Waals surface area contributed by atoms with Crippen molar-refractivity contribution in [2.24, 2.45) is 0 Å². The summed E-state index contributed by atoms with van der Waals surface area (Å²) in [6.07, 6.45) is 0. The monoisotopic (exact) mass is 374 g/mol. The van der Waals surface area contributed by atoms with Crippen LogP contribution < -0.4 is 10.0 Å². The standard InChI is InChI=1S/C13H15BrN2O2S2/c1-9-10(14)4-3-5-11(9)16-20(17,18)13-6-7-19-12(13)8-15-2/h3-7,15-16H,8H2,1-2H3. The minimum absolute atomic E-state index is 0.330. The SMILES string of the molecule is CNCc1sccc1S(=O)(=O)Nc1cccc(Br)c1C. The van der Waals surface area contributed by atoms with Crippen molar-refractivity contribution in [1.29, 1.82) is 0 Å². The van der Waals surface area contributed by atoms with E-state index in [1.807, 2.05) is 13.0 Å². The van der Waals surface area contributed by atoms with Crippen molar-refractivity contribution >= 4 is 43.0 Å². The van der Waals surface area contributed by atoms with Crippen LogP contribution in [-0.2, 0) is 16.6 Å². The van der Waals surface area contributed by atoms with E-state index in [1.54, 1.807) is 30.6 Å². The third-order valence-electron chi connectivity index (χ3n) is 2.84. The maximum atomic E-state index is 12.5. The Morgan fingerprint density at radius 2 is 2.05 bits per heavy atom. The number of sulfonamides is 1. The van der Waals surface area contributed by atoms with E-state index < -0.39 is 10.0 Å². The molecule has 4 nitrogen and oxygen atoms in total. The van der Waals surface area contributed by atoms with Gasteiger partial charge in [-0.15, -0.1) is 11.3 Å². The Kier molecular flexibility index (Phi) is 4.85. The molecular weight excluding hydrogens is 360 g/mol. The van der Waals surface area contributed by atoms with Gasteiger partial charge in [0.05, 0.1) is 5.69 Å². The van der Waals surface area contributed by atoms with Gasteiger partial charge >= 0.3 is 0 Å². The second-order valence-corrected chi connectivity index (χ2v) is 7.76. The van der Waals surface area contributed by atoms with Crippen LogP contribution in [0.15, 0.2) is 39.0 Å². The van der Waals surface area contributed by atoms with Gasteiger partial charge in [-0.1, -0.05) is 22.0 Å². The van der Waals surface area contributed by atoms with Gasteiger partial charge in [0.15, 0.2) is 0 Å². The Morgan fingerprint density at radius 1 is 1.30 bits per heavy atom. The van der Waals surface area contributed by atoms with Gasteiger partial charge in [-0.25, -0.2) is 8.42 Å². The molecule has 1 aromatic heterocycles. The van der Waals surface area contributed by atoms with Crippen LogP contribution in [-0.4, -0.2) is 15.5 Å². The lowest BCUT2D eigenvalue weighted by Crippen LogP contribution is -2.16. The smallest absolute Gasteiger partial charge is 0.263 e. The van der Waals surface area contributed by atoms with Gasteiger partial charge in [-0.2, -0.15) is 0 Å². The Bertz CT molecular complexity index is 711. The summed E-state index contributed by atoms with van der Waals surface area (Å²) in [4.78, 5) is 1.13. The molecular formula is C13H15BrN2O2S2. The zero-order valence-corrected chi connectivity index (χ0v) is 14.3. The van der Waals surface area contributed by atoms with Crippen LogP contribution in [0.3, 0.4) is 0 Å². The average molecular weight is 375 g/mol. The number of halogens is 1. The molecule has 0 bridgehead atoms. The van der Waals surface area contributed by atoms with Crippen molar-refractivity contribution in [3.63, 3.8) is 0 Å². The molecule has 0 aliphatic rings. The fraction of sp³-hybridized carbons (Fsp3) is 0.231. The van der Waals surface area contributed by atoms with Crippen molar-refractivity contribution in [2.45, 2.75) is 18.4 Å². The van der Waals surface area contributed by atoms with Gasteiger partial charge in [0.2, 0.25) is 0 Å². The van der Waals surface area contributed by atoms with E-state index in [9.17, 15) is 8.42 Å². The molecule has 0 atom stereocenters. The quantitative estimate of drug-likeness (QED) is 0.843. The summed E-state index contributed by atoms with van der Waals surface area (Å²) in [5, 5.41) is 4.76. The Morgan fingerprint density at radius 3 is 2.75 bits per heavy atom. The number of benzene rings is 1. The van der Waals surface area contributed by atoms with Crippen LogP contribution in [0.1, 0.15) is 10.4 Å². The molecule has 0 spiro atoms. The van der Waals surface area contributed by atoms with E-state index in [1.165, 1.54) is 11.3 Å². The highest BCUT2D eigenvalue weighted by Gasteiger charge is 2.20. The fourth-order valence-electron chi connectivity index (χ4n) is 1.78. The zero-order chi connectivity index (χ0) is 14.8. The normalized spacial score (nSPS) is 11.6. The average Bonchev–Trinajstić information content (AvgIpc) is 2.84. The van der Waals surface area contributed by atoms with Crippen molar-refractivity contribution in [2.75, 3.05) is 11.8 Å². The molecule has 20 heavy (non-hydrogen) atoms. The summed E-state index contributed by atoms with van der Waals surface area (Å²) in [5.41, 5.74) is 1.45. The van der Waals surface area contributed by atoms with Crippen molar-refractivity contribution < 1.29 is 8.42 Å². The zero-order valence-electron chi connectivity index (χ0n) is 11.1. The van der Waals surface area contributed by atoms with Gasteiger partial charge < -0.3 is 5.32 Å². The molecule has 2 N–H and O–H groups in total. The lowest BCUT2D eigenvalue weighted by molar-refractivity contribution is 0.600. The van der Waals surface area contributed by atoms with Crippen molar-refractivity contribution in [3.05, 3.63) is 44.6 Å². The van der Waals surface area contributed by atoms with Gasteiger partial charge in [-0.05, 0) is 43.1 Å². The number of rotatable bonds is 5. The maximum Gasteiger partial charge on any atom is 0.263 e. The predicted molar refractivity (Wildman–Crippen MR) is 86.8 cm³/mol. The largest absolute Gasteiger partial charge is 0.315 e. The minimum atomic E-state index is -3.56. The van der Waals surface area contributed by atoms with Crippen LogP contribution in [0.25, 0.3) is 0 Å². The van der Waals surface area contributed by atoms with Crippen LogP contribution in [0.2, 0.25) is 0 Å². The number of hydrogen-bond donors (Lipinski definition) is 2. The Labute approximate surface area is 131 Å². The molecule has 2 aromatic rings. The molecule has 0 saturated heterocycles. The number of anilines is 1. The minimum Gasteiger partial charge on any atom is -0.315 e. The number of hydrogen-bond acceptors (Lipinski definition) is 4. The lowest BCUT2D eigenvalue weighted by Gasteiger charge is -2.12. The highest BCUT2D eigenvalue weighted by atomic mass is 79.9. The second kappa shape index (κ2) is 6.26. The molecule has 0 aliphatic heterocycles. The molecule has 0 saturated carbocycles. The Balaban J connectivity index is 2.36. The summed E-state index contributed by atoms with van der Waals surface area (Å²) in [6.45, 7) is 2.40. The number of nitrogens with one attached hydrogen (secondary N) is 2. The van der Waals surface area contributed by atoms with Gasteiger partial charge in [0, 0.05) is 15.9 Å². The van der Waals surface area contributed by atoms with Crippen LogP contribution >= 0.6 is 27.3 Å². The van der Waals surface area contributed by atoms with E-state index in [2.05, 4.69) is 26.0 Å². The summed E-state index contributed by atoms with van der Waals surface area (Å²) >= 11 is 4.83. The molecule has 7 heteroatoms. The third kappa shape index (κ3) is 3.22. The highest BCUT2D eigenvalue weighted by molar-refractivity contribution is 9.10. The van der Waals surface area contributed by atoms with Gasteiger partial charge in [-0.3, -0.25) is 4.72 Å². The highest BCUT2D eigenvalue weighted by Crippen LogP contribution is 2.28. The lowest BCUT2D eigenvalue weighted by atomic mass is 10.2. The van der Waals surface area contributed by atoms with Gasteiger partial charge in [0.25, 0.3) is 10.0 Å². The third-order valence-corrected chi connectivity index (χ3v) is 6.20. The van der Waals surface area contributed by atoms with Crippen LogP contribution in [0.5, 0.6) is 0 Å². The molecule has 0 unspecified atom stereocenters. The fourth-order valence-corrected chi connectivity index (χ4v) is 4.72. The van der Waals surface area contributed by atoms with E-state index in [0.29, 0.717) is 17.1 Å². The van der Waals surface area contributed by atoms with E-state index in [0.717, 1.165) is 14.9 Å². The molecule has 0 fully saturated rings. The molecule has 0 radical (unpaired) electrons. The first-order valence-electron chi connectivity index (χ1n) is 5.94. The summed E-state index contributed by atoms with van der Waals surface area (Å²) < 4.78 is 28.5. The topological polar surface area (TPSA) is 58.2 Å². The van der Waals surface area contributed by atoms with Crippen LogP contribution in [0, 0.1) is 6.92 Å². The van der Waals surface area contributed by atoms with Crippen molar-refractivity contribution in [1.82, 2.24) is 5.32 Å². The molecule has 0 aliphatic carbocycles. The first kappa shape index (κ1) is 15.5. The molecule has 108 valence electrons. The first-order valence-corrected chi connectivity index (χ1v) is 9.10. The van der Waals surface area contributed by atoms with Gasteiger partial charge in [0.1, 0.15) is 4.90 Å². The molecule has 0 amide bonds. The van der Waals surface area contributed by atoms with E-state index >= 15 is 0 Å². The van der Waals surface area contributed by atoms with Crippen molar-refractivity contribution in [3.8, 4) is 0 Å².